The molecule has 3 heterocycles. The first kappa shape index (κ1) is 5.61. The van der Waals surface area contributed by atoms with E-state index in [0.717, 1.165) is 13.0 Å². The second-order valence-corrected chi connectivity index (χ2v) is 3.16. The number of aromatic amines is 1. The van der Waals surface area contributed by atoms with Gasteiger partial charge in [-0.2, -0.15) is 0 Å². The number of fused-ring (bicyclic) bond motifs is 2. The smallest absolute Gasteiger partial charge is 0.0850 e. The first-order chi connectivity index (χ1) is 5.42. The predicted molar refractivity (Wildman–Crippen MR) is 42.9 cm³/mol. The number of hydrogen-bond acceptors (Lipinski definition) is 1. The van der Waals surface area contributed by atoms with Crippen molar-refractivity contribution < 1.29 is 4.74 Å². The second kappa shape index (κ2) is 1.77. The number of nitrogens with one attached hydrogen (secondary N) is 1. The van der Waals surface area contributed by atoms with Crippen molar-refractivity contribution in [1.82, 2.24) is 4.98 Å². The number of epoxide rings is 1. The van der Waals surface area contributed by atoms with E-state index < -0.39 is 0 Å². The third-order valence-electron chi connectivity index (χ3n) is 2.23. The number of ether oxygens (including phenoxy) is 1. The molecule has 0 amide bonds. The molecule has 2 nitrogen and oxygen atoms in total. The van der Waals surface area contributed by atoms with Crippen LogP contribution < -0.4 is 0 Å². The molecular formula is C9H9NO. The van der Waals surface area contributed by atoms with E-state index in [2.05, 4.69) is 23.2 Å². The van der Waals surface area contributed by atoms with E-state index in [1.165, 1.54) is 16.6 Å². The van der Waals surface area contributed by atoms with Gasteiger partial charge in [0.05, 0.1) is 12.7 Å². The van der Waals surface area contributed by atoms with Gasteiger partial charge in [0.1, 0.15) is 0 Å². The predicted octanol–water partition coefficient (Wildman–Crippen LogP) is 1.55. The van der Waals surface area contributed by atoms with E-state index in [1.54, 1.807) is 0 Å². The Morgan fingerprint density at radius 3 is 3.00 bits per heavy atom. The molecule has 1 atom stereocenters. The van der Waals surface area contributed by atoms with Crippen molar-refractivity contribution in [3.63, 3.8) is 0 Å². The van der Waals surface area contributed by atoms with Crippen molar-refractivity contribution >= 4 is 11.0 Å². The third-order valence-corrected chi connectivity index (χ3v) is 2.23. The summed E-state index contributed by atoms with van der Waals surface area (Å²) in [7, 11) is 0. The molecule has 11 heavy (non-hydrogen) atoms. The van der Waals surface area contributed by atoms with Crippen molar-refractivity contribution in [1.29, 1.82) is 0 Å². The van der Waals surface area contributed by atoms with Gasteiger partial charge < -0.3 is 9.72 Å². The Hall–Kier alpha value is -1.02. The lowest BCUT2D eigenvalue weighted by Crippen LogP contribution is -1.90. The van der Waals surface area contributed by atoms with E-state index in [4.69, 9.17) is 4.74 Å². The maximum absolute atomic E-state index is 5.16. The summed E-state index contributed by atoms with van der Waals surface area (Å²) in [5, 5.41) is 0. The van der Waals surface area contributed by atoms with Crippen molar-refractivity contribution in [3.05, 3.63) is 23.8 Å². The fraction of sp³-hybridized carbons (Fsp3) is 0.333. The van der Waals surface area contributed by atoms with Crippen LogP contribution in [0.25, 0.3) is 11.0 Å². The van der Waals surface area contributed by atoms with Gasteiger partial charge in [-0.1, -0.05) is 0 Å². The van der Waals surface area contributed by atoms with Gasteiger partial charge in [-0.05, 0) is 23.8 Å². The first-order valence-electron chi connectivity index (χ1n) is 3.93. The lowest BCUT2D eigenvalue weighted by molar-refractivity contribution is 0.408. The van der Waals surface area contributed by atoms with Crippen LogP contribution in [0, 0.1) is 0 Å². The summed E-state index contributed by atoms with van der Waals surface area (Å²) in [6.07, 6.45) is 1.58. The molecule has 56 valence electrons. The minimum atomic E-state index is 0.504. The molecule has 0 aliphatic carbocycles. The van der Waals surface area contributed by atoms with Crippen LogP contribution in [0.4, 0.5) is 0 Å². The van der Waals surface area contributed by atoms with Crippen molar-refractivity contribution in [3.8, 4) is 0 Å². The van der Waals surface area contributed by atoms with Gasteiger partial charge in [-0.25, -0.2) is 0 Å². The van der Waals surface area contributed by atoms with E-state index in [0.29, 0.717) is 6.10 Å². The maximum Gasteiger partial charge on any atom is 0.0850 e. The van der Waals surface area contributed by atoms with E-state index >= 15 is 0 Å². The highest BCUT2D eigenvalue weighted by Crippen LogP contribution is 2.23. The maximum atomic E-state index is 5.16. The topological polar surface area (TPSA) is 28.3 Å². The average Bonchev–Trinajstić information content (AvgIpc) is 2.61. The zero-order valence-electron chi connectivity index (χ0n) is 6.13. The van der Waals surface area contributed by atoms with Gasteiger partial charge in [0, 0.05) is 17.5 Å². The minimum absolute atomic E-state index is 0.504. The van der Waals surface area contributed by atoms with Crippen LogP contribution in [0.5, 0.6) is 0 Å². The summed E-state index contributed by atoms with van der Waals surface area (Å²) < 4.78 is 5.16. The summed E-state index contributed by atoms with van der Waals surface area (Å²) in [6, 6.07) is 6.44. The zero-order valence-corrected chi connectivity index (χ0v) is 6.13. The van der Waals surface area contributed by atoms with Crippen LogP contribution in [0.1, 0.15) is 5.56 Å². The number of H-pyrrole nitrogens is 1. The zero-order chi connectivity index (χ0) is 7.26. The Kier molecular flexibility index (Phi) is 0.902. The molecule has 0 aromatic carbocycles. The molecular weight excluding hydrogens is 138 g/mol. The summed E-state index contributed by atoms with van der Waals surface area (Å²) in [5.74, 6) is 0. The molecule has 1 aliphatic rings. The molecule has 1 aliphatic heterocycles. The monoisotopic (exact) mass is 147 g/mol. The summed E-state index contributed by atoms with van der Waals surface area (Å²) >= 11 is 0. The molecule has 2 aromatic heterocycles. The highest BCUT2D eigenvalue weighted by atomic mass is 16.6. The summed E-state index contributed by atoms with van der Waals surface area (Å²) in [6.45, 7) is 0.948. The van der Waals surface area contributed by atoms with E-state index in [-0.39, 0.29) is 0 Å². The van der Waals surface area contributed by atoms with Crippen LogP contribution in [-0.4, -0.2) is 17.7 Å². The number of hydrogen-bond donors (Lipinski definition) is 1. The van der Waals surface area contributed by atoms with Crippen LogP contribution in [0.3, 0.4) is 0 Å². The number of aromatic nitrogens is 1. The van der Waals surface area contributed by atoms with Gasteiger partial charge in [-0.15, -0.1) is 0 Å². The summed E-state index contributed by atoms with van der Waals surface area (Å²) in [5.41, 5.74) is 3.91. The molecule has 1 fully saturated rings. The highest BCUT2D eigenvalue weighted by molar-refractivity contribution is 5.70. The standard InChI is InChI=1S/C9H9NO/c1-2-9-6(3-7(1)10-9)4-8-5-11-8/h1-3,8,10H,4-5H2. The second-order valence-electron chi connectivity index (χ2n) is 3.16. The van der Waals surface area contributed by atoms with E-state index in [1.807, 2.05) is 0 Å². The van der Waals surface area contributed by atoms with Crippen molar-refractivity contribution in [2.75, 3.05) is 6.61 Å². The largest absolute Gasteiger partial charge is 0.373 e. The van der Waals surface area contributed by atoms with Gasteiger partial charge in [0.15, 0.2) is 0 Å². The van der Waals surface area contributed by atoms with Gasteiger partial charge in [0.2, 0.25) is 0 Å². The van der Waals surface area contributed by atoms with Crippen LogP contribution in [0.2, 0.25) is 0 Å². The van der Waals surface area contributed by atoms with E-state index in [9.17, 15) is 0 Å². The average molecular weight is 147 g/mol. The Balaban J connectivity index is 1.99. The van der Waals surface area contributed by atoms with Crippen molar-refractivity contribution in [2.45, 2.75) is 12.5 Å². The van der Waals surface area contributed by atoms with Gasteiger partial charge in [0.25, 0.3) is 0 Å². The molecule has 0 saturated carbocycles. The van der Waals surface area contributed by atoms with Gasteiger partial charge >= 0.3 is 0 Å². The fourth-order valence-corrected chi connectivity index (χ4v) is 1.55. The quantitative estimate of drug-likeness (QED) is 0.641. The van der Waals surface area contributed by atoms with Gasteiger partial charge in [-0.3, -0.25) is 0 Å². The molecule has 0 spiro atoms. The Morgan fingerprint density at radius 1 is 1.55 bits per heavy atom. The molecule has 1 N–H and O–H groups in total. The first-order valence-corrected chi connectivity index (χ1v) is 3.93. The van der Waals surface area contributed by atoms with Crippen LogP contribution in [-0.2, 0) is 11.2 Å². The summed E-state index contributed by atoms with van der Waals surface area (Å²) in [4.78, 5) is 3.29. The molecule has 1 unspecified atom stereocenters. The lowest BCUT2D eigenvalue weighted by Gasteiger charge is -1.92. The number of benzene rings is 1. The lowest BCUT2D eigenvalue weighted by atomic mass is 10.1. The molecule has 0 radical (unpaired) electrons. The Bertz CT molecular complexity index is 361. The Morgan fingerprint density at radius 2 is 2.45 bits per heavy atom. The van der Waals surface area contributed by atoms with Crippen molar-refractivity contribution in [2.24, 2.45) is 0 Å². The normalized spacial score (nSPS) is 23.1. The SMILES string of the molecule is c1cc2[nH]c1cc2CC1CO1. The fourth-order valence-electron chi connectivity index (χ4n) is 1.55. The third kappa shape index (κ3) is 0.828. The van der Waals surface area contributed by atoms with Crippen LogP contribution >= 0.6 is 0 Å². The minimum Gasteiger partial charge on any atom is -0.373 e. The molecule has 1 saturated heterocycles. The Labute approximate surface area is 64.5 Å². The molecule has 2 aromatic rings. The molecule has 2 bridgehead atoms. The highest BCUT2D eigenvalue weighted by Gasteiger charge is 2.23. The number of rotatable bonds is 2. The molecule has 2 heteroatoms. The van der Waals surface area contributed by atoms with Crippen LogP contribution in [0.15, 0.2) is 18.2 Å². The molecule has 3 rings (SSSR count).